The Morgan fingerprint density at radius 1 is 1.25 bits per heavy atom. The average Bonchev–Trinajstić information content (AvgIpc) is 2.61. The van der Waals surface area contributed by atoms with Gasteiger partial charge in [-0.25, -0.2) is 4.79 Å². The third kappa shape index (κ3) is 3.11. The van der Waals surface area contributed by atoms with Crippen molar-refractivity contribution in [3.8, 4) is 0 Å². The van der Waals surface area contributed by atoms with Gasteiger partial charge in [0.15, 0.2) is 11.6 Å². The Hall–Kier alpha value is -2.43. The van der Waals surface area contributed by atoms with Crippen LogP contribution in [0, 0.1) is 5.41 Å². The van der Waals surface area contributed by atoms with Crippen LogP contribution in [0.5, 0.6) is 0 Å². The number of ketones is 2. The predicted molar refractivity (Wildman–Crippen MR) is 92.0 cm³/mol. The summed E-state index contributed by atoms with van der Waals surface area (Å²) < 4.78 is 4.64. The molecule has 1 saturated carbocycles. The predicted octanol–water partition coefficient (Wildman–Crippen LogP) is 3.16. The zero-order valence-corrected chi connectivity index (χ0v) is 14.3. The number of methoxy groups -OCH3 is 1. The van der Waals surface area contributed by atoms with Crippen LogP contribution >= 0.6 is 0 Å². The van der Waals surface area contributed by atoms with Gasteiger partial charge in [0, 0.05) is 17.5 Å². The number of nitrogens with one attached hydrogen (secondary N) is 1. The van der Waals surface area contributed by atoms with Gasteiger partial charge in [-0.05, 0) is 42.7 Å². The lowest BCUT2D eigenvalue weighted by molar-refractivity contribution is -0.131. The van der Waals surface area contributed by atoms with E-state index >= 15 is 0 Å². The van der Waals surface area contributed by atoms with E-state index in [1.807, 2.05) is 13.8 Å². The summed E-state index contributed by atoms with van der Waals surface area (Å²) in [6.45, 7) is 7.92. The summed E-state index contributed by atoms with van der Waals surface area (Å²) in [5.41, 5.74) is 1.12. The van der Waals surface area contributed by atoms with Crippen LogP contribution in [0.2, 0.25) is 0 Å². The normalized spacial score (nSPS) is 20.0. The summed E-state index contributed by atoms with van der Waals surface area (Å²) in [7, 11) is 1.31. The molecule has 1 aliphatic rings. The Kier molecular flexibility index (Phi) is 5.22. The van der Waals surface area contributed by atoms with Crippen LogP contribution in [0.15, 0.2) is 36.4 Å². The molecule has 0 heterocycles. The van der Waals surface area contributed by atoms with Crippen LogP contribution in [0.1, 0.15) is 43.5 Å². The lowest BCUT2D eigenvalue weighted by Crippen LogP contribution is -2.49. The second-order valence-electron chi connectivity index (χ2n) is 6.12. The first-order chi connectivity index (χ1) is 11.4. The highest BCUT2D eigenvalue weighted by Crippen LogP contribution is 2.42. The van der Waals surface area contributed by atoms with E-state index in [4.69, 9.17) is 0 Å². The smallest absolute Gasteiger partial charge is 0.337 e. The van der Waals surface area contributed by atoms with E-state index < -0.39 is 17.4 Å². The summed E-state index contributed by atoms with van der Waals surface area (Å²) in [5, 5.41) is 2.97. The summed E-state index contributed by atoms with van der Waals surface area (Å²) in [6.07, 6.45) is 1.77. The number of anilines is 1. The molecule has 5 nitrogen and oxygen atoms in total. The van der Waals surface area contributed by atoms with Gasteiger partial charge in [0.1, 0.15) is 6.04 Å². The first kappa shape index (κ1) is 17.9. The summed E-state index contributed by atoms with van der Waals surface area (Å²) >= 11 is 0. The van der Waals surface area contributed by atoms with Crippen molar-refractivity contribution in [3.63, 3.8) is 0 Å². The zero-order valence-electron chi connectivity index (χ0n) is 14.3. The fraction of sp³-hybridized carbons (Fsp3) is 0.421. The first-order valence-corrected chi connectivity index (χ1v) is 8.09. The van der Waals surface area contributed by atoms with Crippen molar-refractivity contribution in [3.05, 3.63) is 42.0 Å². The highest BCUT2D eigenvalue weighted by atomic mass is 16.5. The Morgan fingerprint density at radius 3 is 2.33 bits per heavy atom. The maximum Gasteiger partial charge on any atom is 0.337 e. The molecule has 0 saturated heterocycles. The van der Waals surface area contributed by atoms with Gasteiger partial charge < -0.3 is 10.1 Å². The van der Waals surface area contributed by atoms with E-state index in [1.54, 1.807) is 24.3 Å². The highest BCUT2D eigenvalue weighted by molar-refractivity contribution is 6.19. The van der Waals surface area contributed by atoms with Crippen molar-refractivity contribution in [2.45, 2.75) is 39.2 Å². The number of hydrogen-bond acceptors (Lipinski definition) is 5. The van der Waals surface area contributed by atoms with Gasteiger partial charge in [-0.15, -0.1) is 0 Å². The lowest BCUT2D eigenvalue weighted by atomic mass is 9.65. The SMILES string of the molecule is C=C1C(=O)C(Nc2ccc(C(=O)OC)cc2)C(=O)CC1(CC)CC. The Balaban J connectivity index is 2.19. The minimum atomic E-state index is -0.910. The number of Topliss-reactive ketones (excluding diaryl/α,β-unsaturated/α-hetero) is 2. The lowest BCUT2D eigenvalue weighted by Gasteiger charge is -2.39. The van der Waals surface area contributed by atoms with Crippen LogP contribution in [0.3, 0.4) is 0 Å². The second-order valence-corrected chi connectivity index (χ2v) is 6.12. The Morgan fingerprint density at radius 2 is 1.83 bits per heavy atom. The molecule has 24 heavy (non-hydrogen) atoms. The van der Waals surface area contributed by atoms with Crippen molar-refractivity contribution in [1.82, 2.24) is 0 Å². The molecule has 1 aliphatic carbocycles. The monoisotopic (exact) mass is 329 g/mol. The molecular weight excluding hydrogens is 306 g/mol. The van der Waals surface area contributed by atoms with E-state index in [0.29, 0.717) is 23.2 Å². The van der Waals surface area contributed by atoms with Crippen LogP contribution in [0.4, 0.5) is 5.69 Å². The summed E-state index contributed by atoms with van der Waals surface area (Å²) in [5.74, 6) is -0.796. The van der Waals surface area contributed by atoms with Gasteiger partial charge in [-0.1, -0.05) is 20.4 Å². The molecule has 1 N–H and O–H groups in total. The zero-order chi connectivity index (χ0) is 17.9. The molecule has 0 radical (unpaired) electrons. The van der Waals surface area contributed by atoms with Gasteiger partial charge in [0.2, 0.25) is 0 Å². The number of esters is 1. The van der Waals surface area contributed by atoms with Gasteiger partial charge in [0.05, 0.1) is 12.7 Å². The standard InChI is InChI=1S/C19H23NO4/c1-5-19(6-2)11-15(21)16(17(22)12(19)3)20-14-9-7-13(8-10-14)18(23)24-4/h7-10,16,20H,3,5-6,11H2,1-2,4H3. The molecule has 128 valence electrons. The topological polar surface area (TPSA) is 72.5 Å². The highest BCUT2D eigenvalue weighted by Gasteiger charge is 2.46. The van der Waals surface area contributed by atoms with Crippen LogP contribution < -0.4 is 5.32 Å². The van der Waals surface area contributed by atoms with E-state index in [-0.39, 0.29) is 11.6 Å². The Labute approximate surface area is 142 Å². The van der Waals surface area contributed by atoms with Crippen molar-refractivity contribution in [2.24, 2.45) is 5.41 Å². The number of rotatable bonds is 5. The molecule has 0 amide bonds. The Bertz CT molecular complexity index is 671. The fourth-order valence-electron chi connectivity index (χ4n) is 3.18. The molecule has 0 spiro atoms. The number of benzene rings is 1. The maximum absolute atomic E-state index is 12.6. The molecule has 5 heteroatoms. The molecule has 1 fully saturated rings. The van der Waals surface area contributed by atoms with E-state index in [2.05, 4.69) is 16.6 Å². The number of ether oxygens (including phenoxy) is 1. The molecule has 1 aromatic rings. The van der Waals surface area contributed by atoms with Gasteiger partial charge in [-0.3, -0.25) is 9.59 Å². The van der Waals surface area contributed by atoms with Crippen molar-refractivity contribution in [1.29, 1.82) is 0 Å². The van der Waals surface area contributed by atoms with Crippen LogP contribution in [-0.4, -0.2) is 30.7 Å². The molecule has 0 aromatic heterocycles. The van der Waals surface area contributed by atoms with Gasteiger partial charge >= 0.3 is 5.97 Å². The van der Waals surface area contributed by atoms with E-state index in [1.165, 1.54) is 7.11 Å². The number of carbonyl (C=O) groups excluding carboxylic acids is 3. The molecule has 2 rings (SSSR count). The maximum atomic E-state index is 12.6. The van der Waals surface area contributed by atoms with Gasteiger partial charge in [0.25, 0.3) is 0 Å². The average molecular weight is 329 g/mol. The molecule has 1 atom stereocenters. The molecule has 1 unspecified atom stereocenters. The van der Waals surface area contributed by atoms with Crippen molar-refractivity contribution >= 4 is 23.2 Å². The van der Waals surface area contributed by atoms with E-state index in [9.17, 15) is 14.4 Å². The molecule has 0 aliphatic heterocycles. The minimum Gasteiger partial charge on any atom is -0.465 e. The summed E-state index contributed by atoms with van der Waals surface area (Å²) in [4.78, 5) is 36.6. The van der Waals surface area contributed by atoms with E-state index in [0.717, 1.165) is 12.8 Å². The quantitative estimate of drug-likeness (QED) is 0.510. The summed E-state index contributed by atoms with van der Waals surface area (Å²) in [6, 6.07) is 5.56. The molecule has 0 bridgehead atoms. The first-order valence-electron chi connectivity index (χ1n) is 8.09. The van der Waals surface area contributed by atoms with Crippen molar-refractivity contribution < 1.29 is 19.1 Å². The molecular formula is C19H23NO4. The fourth-order valence-corrected chi connectivity index (χ4v) is 3.18. The largest absolute Gasteiger partial charge is 0.465 e. The number of hydrogen-bond donors (Lipinski definition) is 1. The second kappa shape index (κ2) is 6.99. The third-order valence-electron chi connectivity index (χ3n) is 5.00. The van der Waals surface area contributed by atoms with Crippen LogP contribution in [-0.2, 0) is 14.3 Å². The minimum absolute atomic E-state index is 0.117. The number of carbonyl (C=O) groups is 3. The molecule has 1 aromatic carbocycles. The van der Waals surface area contributed by atoms with Gasteiger partial charge in [-0.2, -0.15) is 0 Å². The van der Waals surface area contributed by atoms with Crippen molar-refractivity contribution in [2.75, 3.05) is 12.4 Å². The van der Waals surface area contributed by atoms with Crippen LogP contribution in [0.25, 0.3) is 0 Å². The third-order valence-corrected chi connectivity index (χ3v) is 5.00.